The predicted molar refractivity (Wildman–Crippen MR) is 271 cm³/mol. The maximum Gasteiger partial charge on any atom is 1.00 e. The zero-order valence-electron chi connectivity index (χ0n) is 42.7. The summed E-state index contributed by atoms with van der Waals surface area (Å²) in [5.41, 5.74) is 14.5. The largest absolute Gasteiger partial charge is 1.00 e. The number of nitrogens with two attached hydrogens (primary N) is 1. The van der Waals surface area contributed by atoms with Crippen LogP contribution in [0.1, 0.15) is 95.7 Å². The van der Waals surface area contributed by atoms with Crippen LogP contribution in [0.4, 0.5) is 11.4 Å². The van der Waals surface area contributed by atoms with Gasteiger partial charge >= 0.3 is 57.4 Å². The second kappa shape index (κ2) is 34.3. The molecule has 0 bridgehead atoms. The summed E-state index contributed by atoms with van der Waals surface area (Å²) in [6.07, 6.45) is 11.8. The summed E-state index contributed by atoms with van der Waals surface area (Å²) in [6, 6.07) is 22.5. The number of ether oxygens (including phenoxy) is 5. The molecule has 0 spiro atoms. The Kier molecular flexibility index (Phi) is 31.8. The number of hydrogen-bond acceptors (Lipinski definition) is 11. The third-order valence-corrected chi connectivity index (χ3v) is 8.48. The first-order valence-corrected chi connectivity index (χ1v) is 21.8. The van der Waals surface area contributed by atoms with Gasteiger partial charge in [0.05, 0.1) is 27.4 Å². The zero-order valence-corrected chi connectivity index (χ0v) is 45.9. The second-order valence-corrected chi connectivity index (χ2v) is 16.9. The maximum absolute atomic E-state index is 12.2. The van der Waals surface area contributed by atoms with Crippen molar-refractivity contribution in [1.29, 1.82) is 0 Å². The van der Waals surface area contributed by atoms with Crippen LogP contribution < -0.4 is 86.5 Å². The number of amides is 1. The number of methoxy groups -OCH3 is 2. The Morgan fingerprint density at radius 2 is 1.04 bits per heavy atom. The van der Waals surface area contributed by atoms with Crippen molar-refractivity contribution in [3.63, 3.8) is 0 Å². The van der Waals surface area contributed by atoms with Crippen LogP contribution in [0.3, 0.4) is 0 Å². The van der Waals surface area contributed by atoms with E-state index >= 15 is 0 Å². The molecule has 5 N–H and O–H groups in total. The van der Waals surface area contributed by atoms with Gasteiger partial charge in [-0.05, 0) is 145 Å². The quantitative estimate of drug-likeness (QED) is 0.0275. The Balaban J connectivity index is 0.00000103. The molecule has 12 nitrogen and oxygen atoms in total. The molecule has 0 atom stereocenters. The van der Waals surface area contributed by atoms with Crippen molar-refractivity contribution >= 4 is 35.4 Å². The molecular formula is C55H73KN2O10. The first-order chi connectivity index (χ1) is 31.6. The molecule has 0 aliphatic carbocycles. The molecule has 4 rings (SSSR count). The molecule has 0 fully saturated rings. The standard InChI is InChI=1S/C23H27NO4.C21H28O5.C7H9N.C4H9O.K/c1-16(2)12-13-28-23-20(26-4)14-18(15-21(23)27-5)8-11-22(25)24-19-9-6-17(3)7-10-19;1-15(2)7-9-25-20(24)6-5-17-11-18(13-22)21(19(12-17)14-23)26-10-8-16(3)4;1-6-2-4-7(8)5-3-6;1-4(2,3)5;/h6-12,14-15H,13H2,1-5H3,(H,24,25);5-8,11-12,22-23H,9-10,13-14H2,1-4H3;2-5H,8H2,1H3;1-3H3;/q;;;-1;+1/b11-8+;6-5+;;;. The molecular weight excluding hydrogens is 888 g/mol. The number of carbonyl (C=O) groups excluding carboxylic acids is 2. The van der Waals surface area contributed by atoms with E-state index in [4.69, 9.17) is 29.4 Å². The van der Waals surface area contributed by atoms with E-state index in [9.17, 15) is 24.9 Å². The average Bonchev–Trinajstić information content (AvgIpc) is 3.26. The van der Waals surface area contributed by atoms with Crippen molar-refractivity contribution in [2.24, 2.45) is 0 Å². The second-order valence-electron chi connectivity index (χ2n) is 16.9. The molecule has 1 amide bonds. The molecule has 364 valence electrons. The molecule has 13 heteroatoms. The summed E-state index contributed by atoms with van der Waals surface area (Å²) in [5.74, 6) is 1.41. The van der Waals surface area contributed by atoms with E-state index in [1.807, 2.05) is 122 Å². The van der Waals surface area contributed by atoms with Crippen molar-refractivity contribution in [3.8, 4) is 23.0 Å². The van der Waals surface area contributed by atoms with Gasteiger partial charge in [0.25, 0.3) is 0 Å². The van der Waals surface area contributed by atoms with Crippen molar-refractivity contribution in [3.05, 3.63) is 153 Å². The monoisotopic (exact) mass is 960 g/mol. The fourth-order valence-electron chi connectivity index (χ4n) is 5.08. The van der Waals surface area contributed by atoms with E-state index in [-0.39, 0.29) is 77.1 Å². The summed E-state index contributed by atoms with van der Waals surface area (Å²) >= 11 is 0. The van der Waals surface area contributed by atoms with Crippen molar-refractivity contribution in [2.75, 3.05) is 45.1 Å². The zero-order chi connectivity index (χ0) is 50.5. The van der Waals surface area contributed by atoms with Crippen LogP contribution in [0, 0.1) is 13.8 Å². The summed E-state index contributed by atoms with van der Waals surface area (Å²) in [6.45, 7) is 21.3. The summed E-state index contributed by atoms with van der Waals surface area (Å²) in [5, 5.41) is 32.2. The number of benzene rings is 4. The topological polar surface area (TPSA) is 182 Å². The third-order valence-electron chi connectivity index (χ3n) is 8.48. The number of allylic oxidation sites excluding steroid dienone is 3. The molecule has 0 heterocycles. The number of aliphatic hydroxyl groups excluding tert-OH is 2. The van der Waals surface area contributed by atoms with E-state index in [1.54, 1.807) is 71.4 Å². The fourth-order valence-corrected chi connectivity index (χ4v) is 5.08. The maximum atomic E-state index is 12.2. The minimum Gasteiger partial charge on any atom is -0.850 e. The van der Waals surface area contributed by atoms with Gasteiger partial charge in [0, 0.05) is 34.7 Å². The van der Waals surface area contributed by atoms with E-state index in [0.29, 0.717) is 52.9 Å². The van der Waals surface area contributed by atoms with Crippen molar-refractivity contribution in [2.45, 2.75) is 95.0 Å². The van der Waals surface area contributed by atoms with Gasteiger partial charge < -0.3 is 50.1 Å². The number of rotatable bonds is 17. The van der Waals surface area contributed by atoms with Gasteiger partial charge in [-0.15, -0.1) is 5.60 Å². The summed E-state index contributed by atoms with van der Waals surface area (Å²) in [4.78, 5) is 23.9. The smallest absolute Gasteiger partial charge is 0.850 e. The predicted octanol–water partition coefficient (Wildman–Crippen LogP) is 7.27. The van der Waals surface area contributed by atoms with Gasteiger partial charge in [0.2, 0.25) is 11.7 Å². The fraction of sp³-hybridized carbons (Fsp3) is 0.345. The van der Waals surface area contributed by atoms with E-state index in [1.165, 1.54) is 17.7 Å². The Morgan fingerprint density at radius 3 is 1.46 bits per heavy atom. The van der Waals surface area contributed by atoms with Crippen LogP contribution >= 0.6 is 0 Å². The molecule has 0 saturated carbocycles. The van der Waals surface area contributed by atoms with Crippen LogP contribution in [0.2, 0.25) is 0 Å². The molecule has 0 saturated heterocycles. The average molecular weight is 961 g/mol. The third kappa shape index (κ3) is 29.0. The number of nitrogen functional groups attached to an aromatic ring is 1. The molecule has 0 aromatic heterocycles. The van der Waals surface area contributed by atoms with Gasteiger partial charge in [0.1, 0.15) is 25.6 Å². The first kappa shape index (κ1) is 63.0. The molecule has 0 aliphatic rings. The van der Waals surface area contributed by atoms with Gasteiger partial charge in [0.15, 0.2) is 11.5 Å². The van der Waals surface area contributed by atoms with Gasteiger partial charge in [-0.25, -0.2) is 4.79 Å². The van der Waals surface area contributed by atoms with Crippen LogP contribution in [0.25, 0.3) is 12.2 Å². The molecule has 0 aliphatic heterocycles. The molecule has 4 aromatic carbocycles. The summed E-state index contributed by atoms with van der Waals surface area (Å²) in [7, 11) is 3.14. The van der Waals surface area contributed by atoms with Gasteiger partial charge in [-0.2, -0.15) is 0 Å². The van der Waals surface area contributed by atoms with E-state index in [2.05, 4.69) is 5.32 Å². The van der Waals surface area contributed by atoms with Crippen LogP contribution in [-0.4, -0.2) is 61.7 Å². The number of aliphatic hydroxyl groups is 2. The summed E-state index contributed by atoms with van der Waals surface area (Å²) < 4.78 is 27.4. The van der Waals surface area contributed by atoms with Gasteiger partial charge in [-0.1, -0.05) is 72.9 Å². The molecule has 0 unspecified atom stereocenters. The van der Waals surface area contributed by atoms with Crippen molar-refractivity contribution < 1.29 is 100.0 Å². The Labute approximate surface area is 448 Å². The number of hydrogen-bond donors (Lipinski definition) is 4. The molecule has 68 heavy (non-hydrogen) atoms. The number of nitrogens with one attached hydrogen (secondary N) is 1. The number of esters is 1. The van der Waals surface area contributed by atoms with Crippen LogP contribution in [-0.2, 0) is 27.5 Å². The van der Waals surface area contributed by atoms with Crippen LogP contribution in [0.5, 0.6) is 23.0 Å². The SMILES string of the molecule is CC(C)(C)[O-].CC(C)=CCOC(=O)/C=C/c1cc(CO)c(OCC=C(C)C)c(CO)c1.COc1cc(/C=C/C(=O)Nc2ccc(C)cc2)cc(OC)c1OCC=C(C)C.Cc1ccc(N)cc1.[K+]. The minimum absolute atomic E-state index is 0. The number of aryl methyl sites for hydroxylation is 2. The molecule has 4 aromatic rings. The normalized spacial score (nSPS) is 10.3. The Bertz CT molecular complexity index is 2200. The Morgan fingerprint density at radius 1 is 0.647 bits per heavy atom. The Hall–Kier alpha value is -4.96. The van der Waals surface area contributed by atoms with E-state index in [0.717, 1.165) is 39.2 Å². The molecule has 0 radical (unpaired) electrons. The number of carbonyl (C=O) groups is 2. The van der Waals surface area contributed by atoms with Crippen LogP contribution in [0.15, 0.2) is 120 Å². The first-order valence-electron chi connectivity index (χ1n) is 21.8. The number of anilines is 2. The van der Waals surface area contributed by atoms with Gasteiger partial charge in [-0.3, -0.25) is 4.79 Å². The minimum atomic E-state index is -0.750. The van der Waals surface area contributed by atoms with E-state index < -0.39 is 11.6 Å². The van der Waals surface area contributed by atoms with Crippen molar-refractivity contribution in [1.82, 2.24) is 0 Å².